The molecule has 0 aromatic rings. The number of hydrogen-bond acceptors (Lipinski definition) is 1. The van der Waals surface area contributed by atoms with Crippen LogP contribution in [0.4, 0.5) is 0 Å². The molecule has 0 rings (SSSR count). The molecule has 0 saturated heterocycles. The van der Waals surface area contributed by atoms with Crippen LogP contribution in [-0.4, -0.2) is 6.69 Å². The molecule has 0 amide bonds. The third kappa shape index (κ3) is 6.96. The fourth-order valence-electron chi connectivity index (χ4n) is 0.986. The smallest absolute Gasteiger partial charge is 0.198 e. The largest absolute Gasteiger partial charge is 0.251 e. The molecule has 0 aromatic heterocycles. The Labute approximate surface area is 85.1 Å². The van der Waals surface area contributed by atoms with Gasteiger partial charge < -0.3 is 0 Å². The van der Waals surface area contributed by atoms with Gasteiger partial charge in [-0.3, -0.25) is 0 Å². The monoisotopic (exact) mass is 223 g/mol. The summed E-state index contributed by atoms with van der Waals surface area (Å²) in [5, 5.41) is 8.32. The van der Waals surface area contributed by atoms with E-state index in [0.29, 0.717) is 6.42 Å². The van der Waals surface area contributed by atoms with Crippen molar-refractivity contribution in [3.8, 4) is 6.07 Å². The van der Waals surface area contributed by atoms with E-state index in [1.54, 1.807) is 0 Å². The molecular formula is C8H15Cl2NSi. The van der Waals surface area contributed by atoms with Gasteiger partial charge in [0.2, 0.25) is 0 Å². The summed E-state index contributed by atoms with van der Waals surface area (Å²) in [5.74, 6) is 0. The summed E-state index contributed by atoms with van der Waals surface area (Å²) in [5.41, 5.74) is 0. The Morgan fingerprint density at radius 3 is 2.33 bits per heavy atom. The minimum absolute atomic E-state index is 0.584. The van der Waals surface area contributed by atoms with Gasteiger partial charge in [-0.1, -0.05) is 19.8 Å². The SMILES string of the molecule is CCCC[Si](Cl)(Cl)CCCC#N. The molecule has 1 nitrogen and oxygen atoms in total. The summed E-state index contributed by atoms with van der Waals surface area (Å²) in [7, 11) is 0. The summed E-state index contributed by atoms with van der Waals surface area (Å²) in [4.78, 5) is 0. The van der Waals surface area contributed by atoms with E-state index < -0.39 is 6.69 Å². The molecule has 0 aliphatic rings. The number of unbranched alkanes of at least 4 members (excludes halogenated alkanes) is 2. The molecule has 0 fully saturated rings. The van der Waals surface area contributed by atoms with Crippen molar-refractivity contribution in [3.05, 3.63) is 0 Å². The van der Waals surface area contributed by atoms with E-state index in [1.807, 2.05) is 0 Å². The van der Waals surface area contributed by atoms with Crippen molar-refractivity contribution in [2.45, 2.75) is 44.7 Å². The van der Waals surface area contributed by atoms with Crippen LogP contribution < -0.4 is 0 Å². The van der Waals surface area contributed by atoms with Crippen LogP contribution in [0, 0.1) is 11.3 Å². The summed E-state index contributed by atoms with van der Waals surface area (Å²) >= 11 is 12.3. The standard InChI is InChI=1S/C8H15Cl2NSi/c1-2-3-7-12(9,10)8-5-4-6-11/h2-5,7-8H2,1H3. The molecule has 0 heterocycles. The predicted octanol–water partition coefficient (Wildman–Crippen LogP) is 4.01. The molecule has 0 N–H and O–H groups in total. The van der Waals surface area contributed by atoms with E-state index in [4.69, 9.17) is 27.4 Å². The highest BCUT2D eigenvalue weighted by molar-refractivity contribution is 7.45. The minimum Gasteiger partial charge on any atom is -0.198 e. The van der Waals surface area contributed by atoms with Gasteiger partial charge in [0.1, 0.15) is 0 Å². The third-order valence-corrected chi connectivity index (χ3v) is 6.17. The molecule has 0 aliphatic heterocycles. The van der Waals surface area contributed by atoms with E-state index in [2.05, 4.69) is 13.0 Å². The molecule has 0 bridgehead atoms. The van der Waals surface area contributed by atoms with Gasteiger partial charge in [-0.15, -0.1) is 22.2 Å². The number of halogens is 2. The van der Waals surface area contributed by atoms with Crippen LogP contribution in [0.25, 0.3) is 0 Å². The van der Waals surface area contributed by atoms with Crippen molar-refractivity contribution in [2.24, 2.45) is 0 Å². The van der Waals surface area contributed by atoms with Gasteiger partial charge in [0.15, 0.2) is 0 Å². The predicted molar refractivity (Wildman–Crippen MR) is 56.8 cm³/mol. The van der Waals surface area contributed by atoms with E-state index in [9.17, 15) is 0 Å². The maximum atomic E-state index is 8.32. The lowest BCUT2D eigenvalue weighted by Crippen LogP contribution is -2.17. The highest BCUT2D eigenvalue weighted by atomic mass is 35.7. The van der Waals surface area contributed by atoms with E-state index in [-0.39, 0.29) is 0 Å². The van der Waals surface area contributed by atoms with Crippen molar-refractivity contribution >= 4 is 28.9 Å². The van der Waals surface area contributed by atoms with Crippen LogP contribution in [0.3, 0.4) is 0 Å². The Morgan fingerprint density at radius 1 is 1.25 bits per heavy atom. The summed E-state index contributed by atoms with van der Waals surface area (Å²) in [6, 6.07) is 3.94. The summed E-state index contributed by atoms with van der Waals surface area (Å²) in [6.07, 6.45) is 3.71. The van der Waals surface area contributed by atoms with Crippen LogP contribution in [-0.2, 0) is 0 Å². The molecule has 12 heavy (non-hydrogen) atoms. The highest BCUT2D eigenvalue weighted by Crippen LogP contribution is 2.29. The second-order valence-corrected chi connectivity index (χ2v) is 10.6. The molecule has 70 valence electrons. The van der Waals surface area contributed by atoms with Crippen molar-refractivity contribution in [1.29, 1.82) is 5.26 Å². The number of nitriles is 1. The lowest BCUT2D eigenvalue weighted by Gasteiger charge is -2.14. The Hall–Kier alpha value is 0.287. The van der Waals surface area contributed by atoms with Crippen molar-refractivity contribution in [2.75, 3.05) is 0 Å². The molecule has 4 heteroatoms. The quantitative estimate of drug-likeness (QED) is 0.380. The Morgan fingerprint density at radius 2 is 1.83 bits per heavy atom. The second kappa shape index (κ2) is 6.77. The van der Waals surface area contributed by atoms with Crippen molar-refractivity contribution in [1.82, 2.24) is 0 Å². The van der Waals surface area contributed by atoms with Gasteiger partial charge in [-0.05, 0) is 18.5 Å². The van der Waals surface area contributed by atoms with Crippen molar-refractivity contribution in [3.63, 3.8) is 0 Å². The molecule has 0 unspecified atom stereocenters. The average Bonchev–Trinajstić information content (AvgIpc) is 2.01. The maximum Gasteiger partial charge on any atom is 0.251 e. The van der Waals surface area contributed by atoms with Crippen LogP contribution in [0.5, 0.6) is 0 Å². The van der Waals surface area contributed by atoms with Crippen LogP contribution in [0.15, 0.2) is 0 Å². The van der Waals surface area contributed by atoms with Gasteiger partial charge in [0.25, 0.3) is 6.69 Å². The maximum absolute atomic E-state index is 8.32. The van der Waals surface area contributed by atoms with Gasteiger partial charge in [0, 0.05) is 6.42 Å². The molecule has 0 aliphatic carbocycles. The van der Waals surface area contributed by atoms with Crippen LogP contribution >= 0.6 is 22.2 Å². The molecule has 0 aromatic carbocycles. The number of hydrogen-bond donors (Lipinski definition) is 0. The summed E-state index contributed by atoms with van der Waals surface area (Å²) < 4.78 is 0. The van der Waals surface area contributed by atoms with Gasteiger partial charge in [-0.25, -0.2) is 0 Å². The van der Waals surface area contributed by atoms with Gasteiger partial charge in [-0.2, -0.15) is 5.26 Å². The Bertz CT molecular complexity index is 154. The van der Waals surface area contributed by atoms with Gasteiger partial charge in [0.05, 0.1) is 6.07 Å². The topological polar surface area (TPSA) is 23.8 Å². The van der Waals surface area contributed by atoms with E-state index in [0.717, 1.165) is 31.4 Å². The normalized spacial score (nSPS) is 11.2. The lowest BCUT2D eigenvalue weighted by molar-refractivity contribution is 0.863. The zero-order chi connectivity index (χ0) is 9.45. The second-order valence-electron chi connectivity index (χ2n) is 2.97. The lowest BCUT2D eigenvalue weighted by atomic mass is 10.4. The van der Waals surface area contributed by atoms with Crippen LogP contribution in [0.1, 0.15) is 32.6 Å². The Balaban J connectivity index is 3.50. The highest BCUT2D eigenvalue weighted by Gasteiger charge is 2.26. The van der Waals surface area contributed by atoms with Crippen LogP contribution in [0.2, 0.25) is 12.1 Å². The number of rotatable bonds is 6. The first kappa shape index (κ1) is 12.3. The third-order valence-electron chi connectivity index (χ3n) is 1.73. The first-order valence-electron chi connectivity index (χ1n) is 4.37. The fourth-order valence-corrected chi connectivity index (χ4v) is 4.40. The number of nitrogens with zero attached hydrogens (tertiary/aromatic N) is 1. The first-order chi connectivity index (χ1) is 5.62. The summed E-state index contributed by atoms with van der Waals surface area (Å²) in [6.45, 7) is 0.164. The molecule has 0 saturated carbocycles. The molecular weight excluding hydrogens is 209 g/mol. The van der Waals surface area contributed by atoms with E-state index in [1.165, 1.54) is 0 Å². The molecule has 0 spiro atoms. The molecule has 0 atom stereocenters. The van der Waals surface area contributed by atoms with Gasteiger partial charge >= 0.3 is 0 Å². The van der Waals surface area contributed by atoms with E-state index >= 15 is 0 Å². The fraction of sp³-hybridized carbons (Fsp3) is 0.875. The zero-order valence-corrected chi connectivity index (χ0v) is 9.96. The minimum atomic E-state index is -1.97. The van der Waals surface area contributed by atoms with Crippen molar-refractivity contribution < 1.29 is 0 Å². The zero-order valence-electron chi connectivity index (χ0n) is 7.45. The first-order valence-corrected chi connectivity index (χ1v) is 8.81. The Kier molecular flexibility index (Phi) is 6.93. The average molecular weight is 224 g/mol. The molecule has 0 radical (unpaired) electrons.